The number of hydrogen-bond donors (Lipinski definition) is 0. The van der Waals surface area contributed by atoms with Gasteiger partial charge in [0, 0.05) is 10.9 Å². The summed E-state index contributed by atoms with van der Waals surface area (Å²) in [6, 6.07) is 13.9. The summed E-state index contributed by atoms with van der Waals surface area (Å²) < 4.78 is 1.35. The lowest BCUT2D eigenvalue weighted by Gasteiger charge is -2.24. The van der Waals surface area contributed by atoms with Crippen LogP contribution in [-0.2, 0) is 6.54 Å². The fourth-order valence-corrected chi connectivity index (χ4v) is 3.69. The van der Waals surface area contributed by atoms with Crippen molar-refractivity contribution in [3.05, 3.63) is 74.3 Å². The molecule has 0 spiro atoms. The van der Waals surface area contributed by atoms with Gasteiger partial charge in [0.25, 0.3) is 5.56 Å². The molecule has 0 aliphatic heterocycles. The van der Waals surface area contributed by atoms with Crippen molar-refractivity contribution in [1.29, 1.82) is 0 Å². The lowest BCUT2D eigenvalue weighted by molar-refractivity contribution is 0.764. The number of aromatic nitrogens is 2. The molecule has 1 fully saturated rings. The molecule has 0 saturated heterocycles. The normalized spacial score (nSPS) is 13.9. The minimum Gasteiger partial charge on any atom is -0.361 e. The van der Waals surface area contributed by atoms with Crippen molar-refractivity contribution in [1.82, 2.24) is 9.78 Å². The van der Waals surface area contributed by atoms with Crippen molar-refractivity contribution < 1.29 is 0 Å². The van der Waals surface area contributed by atoms with E-state index in [4.69, 9.17) is 11.6 Å². The first kappa shape index (κ1) is 15.4. The van der Waals surface area contributed by atoms with Gasteiger partial charge in [-0.25, -0.2) is 0 Å². The lowest BCUT2D eigenvalue weighted by Crippen LogP contribution is -2.29. The molecule has 1 aliphatic carbocycles. The summed E-state index contributed by atoms with van der Waals surface area (Å²) in [7, 11) is 0. The highest BCUT2D eigenvalue weighted by Gasteiger charge is 2.31. The third kappa shape index (κ3) is 2.97. The van der Waals surface area contributed by atoms with Crippen LogP contribution in [0.1, 0.15) is 17.7 Å². The van der Waals surface area contributed by atoms with Crippen LogP contribution in [0.15, 0.2) is 58.8 Å². The quantitative estimate of drug-likeness (QED) is 0.689. The highest BCUT2D eigenvalue weighted by molar-refractivity contribution is 7.09. The molecule has 122 valence electrons. The third-order valence-corrected chi connectivity index (χ3v) is 5.32. The lowest BCUT2D eigenvalue weighted by atomic mass is 10.3. The van der Waals surface area contributed by atoms with Crippen LogP contribution in [0.25, 0.3) is 5.69 Å². The fraction of sp³-hybridized carbons (Fsp3) is 0.222. The second kappa shape index (κ2) is 6.42. The van der Waals surface area contributed by atoms with Gasteiger partial charge in [0.1, 0.15) is 5.02 Å². The zero-order chi connectivity index (χ0) is 16.5. The summed E-state index contributed by atoms with van der Waals surface area (Å²) in [5, 5.41) is 6.65. The first-order valence-corrected chi connectivity index (χ1v) is 9.12. The van der Waals surface area contributed by atoms with Gasteiger partial charge in [0.2, 0.25) is 0 Å². The van der Waals surface area contributed by atoms with E-state index in [0.717, 1.165) is 25.1 Å². The van der Waals surface area contributed by atoms with Gasteiger partial charge in [-0.1, -0.05) is 35.9 Å². The first-order chi connectivity index (χ1) is 11.7. The van der Waals surface area contributed by atoms with E-state index in [1.54, 1.807) is 17.5 Å². The monoisotopic (exact) mass is 357 g/mol. The van der Waals surface area contributed by atoms with E-state index < -0.39 is 0 Å². The molecule has 0 unspecified atom stereocenters. The number of thiophene rings is 1. The number of halogens is 1. The van der Waals surface area contributed by atoms with Crippen LogP contribution in [0.4, 0.5) is 5.69 Å². The van der Waals surface area contributed by atoms with Gasteiger partial charge >= 0.3 is 0 Å². The Hall–Kier alpha value is -2.11. The van der Waals surface area contributed by atoms with Gasteiger partial charge in [-0.05, 0) is 36.4 Å². The molecule has 24 heavy (non-hydrogen) atoms. The predicted molar refractivity (Wildman–Crippen MR) is 98.4 cm³/mol. The molecule has 0 amide bonds. The minimum atomic E-state index is -0.280. The SMILES string of the molecule is O=c1c(Cl)c(N(Cc2cccs2)C2CC2)cnn1-c1ccccc1. The number of nitrogens with zero attached hydrogens (tertiary/aromatic N) is 3. The van der Waals surface area contributed by atoms with Crippen molar-refractivity contribution in [2.45, 2.75) is 25.4 Å². The Balaban J connectivity index is 1.72. The summed E-state index contributed by atoms with van der Waals surface area (Å²) in [5.41, 5.74) is 1.16. The average Bonchev–Trinajstić information content (AvgIpc) is 3.33. The Morgan fingerprint density at radius 3 is 2.67 bits per heavy atom. The molecule has 1 aliphatic rings. The van der Waals surface area contributed by atoms with Crippen LogP contribution in [0.2, 0.25) is 5.02 Å². The predicted octanol–water partition coefficient (Wildman–Crippen LogP) is 4.12. The molecule has 2 aromatic heterocycles. The molecule has 1 saturated carbocycles. The van der Waals surface area contributed by atoms with Crippen molar-refractivity contribution in [3.63, 3.8) is 0 Å². The van der Waals surface area contributed by atoms with Crippen LogP contribution in [0.5, 0.6) is 0 Å². The number of benzene rings is 1. The van der Waals surface area contributed by atoms with E-state index in [0.29, 0.717) is 11.7 Å². The average molecular weight is 358 g/mol. The van der Waals surface area contributed by atoms with Crippen LogP contribution in [0.3, 0.4) is 0 Å². The molecule has 3 aromatic rings. The van der Waals surface area contributed by atoms with Crippen LogP contribution in [-0.4, -0.2) is 15.8 Å². The van der Waals surface area contributed by atoms with Gasteiger partial charge in [-0.2, -0.15) is 9.78 Å². The topological polar surface area (TPSA) is 38.1 Å². The Labute approximate surface area is 148 Å². The van der Waals surface area contributed by atoms with Gasteiger partial charge in [0.15, 0.2) is 0 Å². The van der Waals surface area contributed by atoms with Gasteiger partial charge in [0.05, 0.1) is 24.1 Å². The van der Waals surface area contributed by atoms with Crippen LogP contribution >= 0.6 is 22.9 Å². The molecule has 0 atom stereocenters. The molecule has 0 radical (unpaired) electrons. The number of rotatable bonds is 5. The van der Waals surface area contributed by atoms with Gasteiger partial charge in [-0.3, -0.25) is 4.79 Å². The molecular formula is C18H16ClN3OS. The standard InChI is InChI=1S/C18H16ClN3OS/c19-17-16(21(13-8-9-13)12-15-7-4-10-24-15)11-20-22(18(17)23)14-5-2-1-3-6-14/h1-7,10-11,13H,8-9,12H2. The summed E-state index contributed by atoms with van der Waals surface area (Å²) >= 11 is 8.16. The molecule has 4 rings (SSSR count). The smallest absolute Gasteiger partial charge is 0.292 e. The Bertz CT molecular complexity index is 888. The molecular weight excluding hydrogens is 342 g/mol. The Morgan fingerprint density at radius 2 is 2.00 bits per heavy atom. The maximum absolute atomic E-state index is 12.7. The Morgan fingerprint density at radius 1 is 1.21 bits per heavy atom. The number of para-hydroxylation sites is 1. The maximum Gasteiger partial charge on any atom is 0.292 e. The third-order valence-electron chi connectivity index (χ3n) is 4.10. The molecule has 2 heterocycles. The van der Waals surface area contributed by atoms with E-state index in [-0.39, 0.29) is 10.6 Å². The molecule has 0 bridgehead atoms. The van der Waals surface area contributed by atoms with Gasteiger partial charge < -0.3 is 4.90 Å². The fourth-order valence-electron chi connectivity index (χ4n) is 2.75. The molecule has 0 N–H and O–H groups in total. The summed E-state index contributed by atoms with van der Waals surface area (Å²) in [5.74, 6) is 0. The number of anilines is 1. The summed E-state index contributed by atoms with van der Waals surface area (Å²) in [6.07, 6.45) is 3.97. The molecule has 6 heteroatoms. The van der Waals surface area contributed by atoms with Crippen molar-refractivity contribution in [2.24, 2.45) is 0 Å². The zero-order valence-electron chi connectivity index (χ0n) is 12.9. The highest BCUT2D eigenvalue weighted by Crippen LogP contribution is 2.35. The van der Waals surface area contributed by atoms with Crippen molar-refractivity contribution in [2.75, 3.05) is 4.90 Å². The molecule has 1 aromatic carbocycles. The zero-order valence-corrected chi connectivity index (χ0v) is 14.5. The largest absolute Gasteiger partial charge is 0.361 e. The highest BCUT2D eigenvalue weighted by atomic mass is 35.5. The molecule has 4 nitrogen and oxygen atoms in total. The Kier molecular flexibility index (Phi) is 4.12. The number of hydrogen-bond acceptors (Lipinski definition) is 4. The van der Waals surface area contributed by atoms with E-state index in [1.165, 1.54) is 9.56 Å². The van der Waals surface area contributed by atoms with E-state index in [1.807, 2.05) is 36.4 Å². The van der Waals surface area contributed by atoms with E-state index >= 15 is 0 Å². The first-order valence-electron chi connectivity index (χ1n) is 7.86. The van der Waals surface area contributed by atoms with Crippen LogP contribution in [0, 0.1) is 0 Å². The minimum absolute atomic E-state index is 0.234. The van der Waals surface area contributed by atoms with E-state index in [9.17, 15) is 4.79 Å². The van der Waals surface area contributed by atoms with Gasteiger partial charge in [-0.15, -0.1) is 11.3 Å². The van der Waals surface area contributed by atoms with E-state index in [2.05, 4.69) is 21.4 Å². The summed E-state index contributed by atoms with van der Waals surface area (Å²) in [4.78, 5) is 16.1. The maximum atomic E-state index is 12.7. The second-order valence-corrected chi connectivity index (χ2v) is 7.24. The van der Waals surface area contributed by atoms with Crippen LogP contribution < -0.4 is 10.5 Å². The van der Waals surface area contributed by atoms with Crippen molar-refractivity contribution in [3.8, 4) is 5.69 Å². The summed E-state index contributed by atoms with van der Waals surface area (Å²) in [6.45, 7) is 0.762. The second-order valence-electron chi connectivity index (χ2n) is 5.83. The van der Waals surface area contributed by atoms with Crippen molar-refractivity contribution >= 4 is 28.6 Å².